The summed E-state index contributed by atoms with van der Waals surface area (Å²) >= 11 is 0. The molecule has 0 atom stereocenters. The zero-order chi connectivity index (χ0) is 16.2. The molecule has 0 unspecified atom stereocenters. The van der Waals surface area contributed by atoms with Crippen molar-refractivity contribution < 1.29 is 13.2 Å². The minimum absolute atomic E-state index is 0.117. The van der Waals surface area contributed by atoms with Gasteiger partial charge in [-0.15, -0.1) is 0 Å². The number of rotatable bonds is 5. The number of hydrogen-bond acceptors (Lipinski definition) is 3. The van der Waals surface area contributed by atoms with Gasteiger partial charge in [-0.2, -0.15) is 0 Å². The molecule has 0 heterocycles. The third kappa shape index (κ3) is 3.36. The van der Waals surface area contributed by atoms with Crippen LogP contribution in [0.5, 0.6) is 0 Å². The zero-order valence-corrected chi connectivity index (χ0v) is 13.5. The molecular formula is C17H19NO3S. The lowest BCUT2D eigenvalue weighted by molar-refractivity contribution is -0.117. The fourth-order valence-corrected chi connectivity index (χ4v) is 3.56. The number of benzene rings is 2. The van der Waals surface area contributed by atoms with E-state index < -0.39 is 15.9 Å². The highest BCUT2D eigenvalue weighted by Crippen LogP contribution is 2.25. The van der Waals surface area contributed by atoms with Crippen LogP contribution in [0.4, 0.5) is 5.69 Å². The largest absolute Gasteiger partial charge is 0.273 e. The quantitative estimate of drug-likeness (QED) is 0.848. The van der Waals surface area contributed by atoms with E-state index in [-0.39, 0.29) is 11.3 Å². The van der Waals surface area contributed by atoms with Crippen LogP contribution in [-0.4, -0.2) is 14.3 Å². The van der Waals surface area contributed by atoms with Crippen molar-refractivity contribution in [3.05, 3.63) is 60.2 Å². The van der Waals surface area contributed by atoms with Crippen molar-refractivity contribution in [2.45, 2.75) is 31.6 Å². The topological polar surface area (TPSA) is 54.5 Å². The Labute approximate surface area is 131 Å². The van der Waals surface area contributed by atoms with Gasteiger partial charge in [0.1, 0.15) is 0 Å². The number of anilines is 1. The molecule has 0 fully saturated rings. The Hall–Kier alpha value is -2.14. The Balaban J connectivity index is 2.53. The molecule has 5 heteroatoms. The van der Waals surface area contributed by atoms with E-state index in [1.807, 2.05) is 13.8 Å². The number of sulfonamides is 1. The van der Waals surface area contributed by atoms with Crippen LogP contribution in [0.2, 0.25) is 0 Å². The lowest BCUT2D eigenvalue weighted by Crippen LogP contribution is -2.36. The summed E-state index contributed by atoms with van der Waals surface area (Å²) in [5.74, 6) is -0.422. The first-order chi connectivity index (χ1) is 10.5. The first-order valence-corrected chi connectivity index (χ1v) is 8.60. The molecule has 1 amide bonds. The van der Waals surface area contributed by atoms with Gasteiger partial charge in [0.2, 0.25) is 5.91 Å². The predicted octanol–water partition coefficient (Wildman–Crippen LogP) is 3.52. The van der Waals surface area contributed by atoms with Crippen molar-refractivity contribution in [2.24, 2.45) is 0 Å². The lowest BCUT2D eigenvalue weighted by Gasteiger charge is -2.22. The Bertz CT molecular complexity index is 737. The van der Waals surface area contributed by atoms with E-state index in [0.29, 0.717) is 12.1 Å². The summed E-state index contributed by atoms with van der Waals surface area (Å²) in [4.78, 5) is 12.5. The molecule has 4 nitrogen and oxygen atoms in total. The molecule has 2 aromatic carbocycles. The van der Waals surface area contributed by atoms with Crippen LogP contribution in [0, 0.1) is 6.92 Å². The molecule has 0 aromatic heterocycles. The van der Waals surface area contributed by atoms with Gasteiger partial charge >= 0.3 is 0 Å². The Kier molecular flexibility index (Phi) is 4.98. The molecule has 0 aliphatic heterocycles. The van der Waals surface area contributed by atoms with Crippen molar-refractivity contribution in [3.63, 3.8) is 0 Å². The van der Waals surface area contributed by atoms with Crippen LogP contribution in [0.15, 0.2) is 59.5 Å². The smallest absolute Gasteiger partial charge is 0.270 e. The SMILES string of the molecule is CCCC(=O)N(c1ccccc1)S(=O)(=O)c1ccc(C)cc1. The molecule has 0 bridgehead atoms. The number of carbonyl (C=O) groups excluding carboxylic acids is 1. The minimum Gasteiger partial charge on any atom is -0.273 e. The number of aryl methyl sites for hydroxylation is 1. The normalized spacial score (nSPS) is 11.2. The Morgan fingerprint density at radius 2 is 1.59 bits per heavy atom. The van der Waals surface area contributed by atoms with E-state index in [9.17, 15) is 13.2 Å². The minimum atomic E-state index is -3.91. The number of nitrogens with zero attached hydrogens (tertiary/aromatic N) is 1. The second-order valence-electron chi connectivity index (χ2n) is 5.06. The molecule has 0 saturated carbocycles. The zero-order valence-electron chi connectivity index (χ0n) is 12.7. The maximum Gasteiger partial charge on any atom is 0.270 e. The van der Waals surface area contributed by atoms with E-state index >= 15 is 0 Å². The van der Waals surface area contributed by atoms with Crippen LogP contribution < -0.4 is 4.31 Å². The van der Waals surface area contributed by atoms with Crippen molar-refractivity contribution in [1.29, 1.82) is 0 Å². The maximum absolute atomic E-state index is 12.9. The molecule has 0 spiro atoms. The highest BCUT2D eigenvalue weighted by atomic mass is 32.2. The summed E-state index contributed by atoms with van der Waals surface area (Å²) in [5, 5.41) is 0. The van der Waals surface area contributed by atoms with Gasteiger partial charge in [-0.25, -0.2) is 12.7 Å². The Morgan fingerprint density at radius 1 is 1.00 bits per heavy atom. The third-order valence-electron chi connectivity index (χ3n) is 3.24. The van der Waals surface area contributed by atoms with Crippen LogP contribution in [-0.2, 0) is 14.8 Å². The number of para-hydroxylation sites is 1. The molecule has 2 rings (SSSR count). The number of hydrogen-bond donors (Lipinski definition) is 0. The van der Waals surface area contributed by atoms with Gasteiger partial charge in [-0.3, -0.25) is 4.79 Å². The first kappa shape index (κ1) is 16.2. The monoisotopic (exact) mass is 317 g/mol. The molecule has 0 saturated heterocycles. The van der Waals surface area contributed by atoms with Gasteiger partial charge < -0.3 is 0 Å². The molecule has 0 aliphatic rings. The molecule has 0 aliphatic carbocycles. The van der Waals surface area contributed by atoms with Crippen molar-refractivity contribution in [3.8, 4) is 0 Å². The summed E-state index contributed by atoms with van der Waals surface area (Å²) < 4.78 is 26.6. The van der Waals surface area contributed by atoms with Crippen LogP contribution >= 0.6 is 0 Å². The third-order valence-corrected chi connectivity index (χ3v) is 5.00. The van der Waals surface area contributed by atoms with Gasteiger partial charge in [-0.05, 0) is 37.6 Å². The second kappa shape index (κ2) is 6.75. The fourth-order valence-electron chi connectivity index (χ4n) is 2.11. The summed E-state index contributed by atoms with van der Waals surface area (Å²) in [6.45, 7) is 3.73. The van der Waals surface area contributed by atoms with Crippen LogP contribution in [0.25, 0.3) is 0 Å². The highest BCUT2D eigenvalue weighted by molar-refractivity contribution is 7.93. The standard InChI is InChI=1S/C17H19NO3S/c1-3-7-17(19)18(15-8-5-4-6-9-15)22(20,21)16-12-10-14(2)11-13-16/h4-6,8-13H,3,7H2,1-2H3. The number of carbonyl (C=O) groups is 1. The van der Waals surface area contributed by atoms with E-state index in [0.717, 1.165) is 9.87 Å². The van der Waals surface area contributed by atoms with Gasteiger partial charge in [0.15, 0.2) is 0 Å². The maximum atomic E-state index is 12.9. The van der Waals surface area contributed by atoms with Crippen LogP contribution in [0.1, 0.15) is 25.3 Å². The molecule has 0 radical (unpaired) electrons. The van der Waals surface area contributed by atoms with Crippen molar-refractivity contribution in [1.82, 2.24) is 0 Å². The van der Waals surface area contributed by atoms with Crippen molar-refractivity contribution >= 4 is 21.6 Å². The summed E-state index contributed by atoms with van der Waals surface area (Å²) in [6.07, 6.45) is 0.769. The summed E-state index contributed by atoms with van der Waals surface area (Å²) in [7, 11) is -3.91. The Morgan fingerprint density at radius 3 is 2.14 bits per heavy atom. The molecule has 2 aromatic rings. The average molecular weight is 317 g/mol. The molecule has 116 valence electrons. The molecule has 0 N–H and O–H groups in total. The van der Waals surface area contributed by atoms with Gasteiger partial charge in [-0.1, -0.05) is 42.8 Å². The van der Waals surface area contributed by atoms with Crippen molar-refractivity contribution in [2.75, 3.05) is 4.31 Å². The van der Waals surface area contributed by atoms with Gasteiger partial charge in [0, 0.05) is 6.42 Å². The molecular weight excluding hydrogens is 298 g/mol. The van der Waals surface area contributed by atoms with Gasteiger partial charge in [0.25, 0.3) is 10.0 Å². The van der Waals surface area contributed by atoms with E-state index in [4.69, 9.17) is 0 Å². The summed E-state index contributed by atoms with van der Waals surface area (Å²) in [5.41, 5.74) is 1.33. The molecule has 22 heavy (non-hydrogen) atoms. The highest BCUT2D eigenvalue weighted by Gasteiger charge is 2.30. The summed E-state index contributed by atoms with van der Waals surface area (Å²) in [6, 6.07) is 15.0. The fraction of sp³-hybridized carbons (Fsp3) is 0.235. The van der Waals surface area contributed by atoms with E-state index in [2.05, 4.69) is 0 Å². The number of amides is 1. The first-order valence-electron chi connectivity index (χ1n) is 7.16. The van der Waals surface area contributed by atoms with E-state index in [1.165, 1.54) is 12.1 Å². The average Bonchev–Trinajstić information content (AvgIpc) is 2.49. The lowest BCUT2D eigenvalue weighted by atomic mass is 10.2. The van der Waals surface area contributed by atoms with E-state index in [1.54, 1.807) is 42.5 Å². The van der Waals surface area contributed by atoms with Gasteiger partial charge in [0.05, 0.1) is 10.6 Å². The van der Waals surface area contributed by atoms with Crippen LogP contribution in [0.3, 0.4) is 0 Å². The second-order valence-corrected chi connectivity index (χ2v) is 6.85. The predicted molar refractivity (Wildman–Crippen MR) is 87.2 cm³/mol.